The Morgan fingerprint density at radius 2 is 1.06 bits per heavy atom. The Labute approximate surface area is 106 Å². The second kappa shape index (κ2) is 11.4. The molecule has 0 saturated carbocycles. The number of ether oxygens (including phenoxy) is 6. The highest BCUT2D eigenvalue weighted by Crippen LogP contribution is 1.87. The van der Waals surface area contributed by atoms with Gasteiger partial charge in [-0.3, -0.25) is 0 Å². The zero-order valence-electron chi connectivity index (χ0n) is 10.4. The molecule has 18 heavy (non-hydrogen) atoms. The van der Waals surface area contributed by atoms with Crippen LogP contribution < -0.4 is 0 Å². The van der Waals surface area contributed by atoms with E-state index in [9.17, 15) is 4.79 Å². The number of esters is 1. The Balaban J connectivity index is 2.11. The normalized spacial score (nSPS) is 23.0. The monoisotopic (exact) mass is 264 g/mol. The van der Waals surface area contributed by atoms with Crippen LogP contribution in [0.3, 0.4) is 0 Å². The van der Waals surface area contributed by atoms with Crippen LogP contribution in [0, 0.1) is 0 Å². The Kier molecular flexibility index (Phi) is 9.68. The van der Waals surface area contributed by atoms with Crippen LogP contribution in [-0.4, -0.2) is 72.2 Å². The Morgan fingerprint density at radius 3 is 1.61 bits per heavy atom. The SMILES string of the molecule is O=C1COCCOCCOCCOCCOCO1. The summed E-state index contributed by atoms with van der Waals surface area (Å²) < 4.78 is 30.6. The van der Waals surface area contributed by atoms with Crippen LogP contribution in [-0.2, 0) is 33.2 Å². The second-order valence-electron chi connectivity index (χ2n) is 3.43. The molecule has 1 saturated heterocycles. The summed E-state index contributed by atoms with van der Waals surface area (Å²) in [5.74, 6) is -0.455. The summed E-state index contributed by atoms with van der Waals surface area (Å²) >= 11 is 0. The molecule has 1 aliphatic rings. The van der Waals surface area contributed by atoms with Gasteiger partial charge in [0.1, 0.15) is 6.61 Å². The topological polar surface area (TPSA) is 72.5 Å². The van der Waals surface area contributed by atoms with Crippen LogP contribution in [0.4, 0.5) is 0 Å². The van der Waals surface area contributed by atoms with E-state index in [2.05, 4.69) is 0 Å². The van der Waals surface area contributed by atoms with Crippen molar-refractivity contribution in [3.05, 3.63) is 0 Å². The van der Waals surface area contributed by atoms with E-state index in [4.69, 9.17) is 28.4 Å². The fraction of sp³-hybridized carbons (Fsp3) is 0.909. The summed E-state index contributed by atoms with van der Waals surface area (Å²) in [6, 6.07) is 0. The lowest BCUT2D eigenvalue weighted by Crippen LogP contribution is -2.17. The molecule has 1 fully saturated rings. The molecular formula is C11H20O7. The van der Waals surface area contributed by atoms with Crippen molar-refractivity contribution < 1.29 is 33.2 Å². The smallest absolute Gasteiger partial charge is 0.334 e. The van der Waals surface area contributed by atoms with Gasteiger partial charge in [-0.15, -0.1) is 0 Å². The van der Waals surface area contributed by atoms with E-state index in [1.807, 2.05) is 0 Å². The summed E-state index contributed by atoms with van der Waals surface area (Å²) in [7, 11) is 0. The van der Waals surface area contributed by atoms with Crippen LogP contribution in [0.25, 0.3) is 0 Å². The van der Waals surface area contributed by atoms with Crippen molar-refractivity contribution in [1.29, 1.82) is 0 Å². The van der Waals surface area contributed by atoms with Gasteiger partial charge in [-0.2, -0.15) is 0 Å². The number of carbonyl (C=O) groups is 1. The van der Waals surface area contributed by atoms with E-state index in [1.165, 1.54) is 0 Å². The van der Waals surface area contributed by atoms with Gasteiger partial charge >= 0.3 is 5.97 Å². The molecule has 0 aromatic carbocycles. The highest BCUT2D eigenvalue weighted by molar-refractivity contribution is 5.70. The maximum atomic E-state index is 11.1. The zero-order chi connectivity index (χ0) is 12.9. The third-order valence-electron chi connectivity index (χ3n) is 2.01. The first-order valence-corrected chi connectivity index (χ1v) is 5.94. The molecule has 0 aliphatic carbocycles. The highest BCUT2D eigenvalue weighted by atomic mass is 16.7. The van der Waals surface area contributed by atoms with Gasteiger partial charge in [-0.25, -0.2) is 4.79 Å². The molecular weight excluding hydrogens is 244 g/mol. The fourth-order valence-electron chi connectivity index (χ4n) is 1.14. The molecule has 0 unspecified atom stereocenters. The van der Waals surface area contributed by atoms with Gasteiger partial charge in [0.05, 0.1) is 52.9 Å². The van der Waals surface area contributed by atoms with Crippen LogP contribution in [0.2, 0.25) is 0 Å². The van der Waals surface area contributed by atoms with Crippen molar-refractivity contribution in [2.45, 2.75) is 0 Å². The van der Waals surface area contributed by atoms with Gasteiger partial charge in [0, 0.05) is 0 Å². The minimum absolute atomic E-state index is 0.0848. The van der Waals surface area contributed by atoms with Gasteiger partial charge in [0.15, 0.2) is 6.79 Å². The van der Waals surface area contributed by atoms with Crippen molar-refractivity contribution in [3.63, 3.8) is 0 Å². The van der Waals surface area contributed by atoms with Gasteiger partial charge in [0.2, 0.25) is 0 Å². The molecule has 0 radical (unpaired) electrons. The fourth-order valence-corrected chi connectivity index (χ4v) is 1.14. The molecule has 0 atom stereocenters. The minimum Gasteiger partial charge on any atom is -0.437 e. The molecule has 0 amide bonds. The largest absolute Gasteiger partial charge is 0.437 e. The maximum Gasteiger partial charge on any atom is 0.334 e. The lowest BCUT2D eigenvalue weighted by atomic mass is 10.7. The average molecular weight is 264 g/mol. The van der Waals surface area contributed by atoms with Crippen LogP contribution in [0.5, 0.6) is 0 Å². The molecule has 7 nitrogen and oxygen atoms in total. The third kappa shape index (κ3) is 9.32. The standard InChI is InChI=1S/C11H20O7/c12-11-9-16-7-5-14-3-1-13-2-4-15-6-8-17-10-18-11/h1-10H2. The lowest BCUT2D eigenvalue weighted by Gasteiger charge is -2.06. The third-order valence-corrected chi connectivity index (χ3v) is 2.01. The molecule has 1 rings (SSSR count). The molecule has 7 heteroatoms. The van der Waals surface area contributed by atoms with Gasteiger partial charge in [-0.05, 0) is 0 Å². The lowest BCUT2D eigenvalue weighted by molar-refractivity contribution is -0.162. The van der Waals surface area contributed by atoms with Crippen molar-refractivity contribution in [1.82, 2.24) is 0 Å². The molecule has 0 bridgehead atoms. The first-order chi connectivity index (χ1) is 8.89. The molecule has 1 heterocycles. The van der Waals surface area contributed by atoms with E-state index in [0.717, 1.165) is 0 Å². The van der Waals surface area contributed by atoms with Crippen molar-refractivity contribution in [2.75, 3.05) is 66.3 Å². The van der Waals surface area contributed by atoms with E-state index in [-0.39, 0.29) is 13.4 Å². The first kappa shape index (κ1) is 15.3. The van der Waals surface area contributed by atoms with Crippen LogP contribution in [0.15, 0.2) is 0 Å². The zero-order valence-corrected chi connectivity index (χ0v) is 10.4. The molecule has 0 N–H and O–H groups in total. The molecule has 1 aliphatic heterocycles. The van der Waals surface area contributed by atoms with E-state index in [0.29, 0.717) is 52.9 Å². The summed E-state index contributed by atoms with van der Waals surface area (Å²) in [6.07, 6.45) is 0. The number of cyclic esters (lactones) is 1. The number of hydrogen-bond acceptors (Lipinski definition) is 7. The summed E-state index contributed by atoms with van der Waals surface area (Å²) in [6.45, 7) is 3.44. The van der Waals surface area contributed by atoms with Crippen molar-refractivity contribution >= 4 is 5.97 Å². The predicted molar refractivity (Wildman–Crippen MR) is 60.2 cm³/mol. The number of rotatable bonds is 0. The molecule has 0 aromatic rings. The average Bonchev–Trinajstić information content (AvgIpc) is 2.37. The number of carbonyl (C=O) groups excluding carboxylic acids is 1. The molecule has 0 aromatic heterocycles. The van der Waals surface area contributed by atoms with Crippen molar-refractivity contribution in [2.24, 2.45) is 0 Å². The predicted octanol–water partition coefficient (Wildman–Crippen LogP) is -0.416. The summed E-state index contributed by atoms with van der Waals surface area (Å²) in [5, 5.41) is 0. The van der Waals surface area contributed by atoms with Crippen LogP contribution >= 0.6 is 0 Å². The number of hydrogen-bond donors (Lipinski definition) is 0. The quantitative estimate of drug-likeness (QED) is 0.550. The van der Waals surface area contributed by atoms with Gasteiger partial charge in [0.25, 0.3) is 0 Å². The second-order valence-corrected chi connectivity index (χ2v) is 3.43. The Hall–Kier alpha value is -0.730. The molecule has 106 valence electrons. The Morgan fingerprint density at radius 1 is 0.611 bits per heavy atom. The Bertz CT molecular complexity index is 190. The summed E-state index contributed by atoms with van der Waals surface area (Å²) in [5.41, 5.74) is 0. The van der Waals surface area contributed by atoms with E-state index < -0.39 is 5.97 Å². The van der Waals surface area contributed by atoms with Gasteiger partial charge < -0.3 is 28.4 Å². The van der Waals surface area contributed by atoms with Crippen LogP contribution in [0.1, 0.15) is 0 Å². The maximum absolute atomic E-state index is 11.1. The highest BCUT2D eigenvalue weighted by Gasteiger charge is 2.03. The summed E-state index contributed by atoms with van der Waals surface area (Å²) in [4.78, 5) is 11.1. The minimum atomic E-state index is -0.455. The van der Waals surface area contributed by atoms with E-state index in [1.54, 1.807) is 0 Å². The van der Waals surface area contributed by atoms with Crippen molar-refractivity contribution in [3.8, 4) is 0 Å². The van der Waals surface area contributed by atoms with E-state index >= 15 is 0 Å². The first-order valence-electron chi connectivity index (χ1n) is 5.94. The molecule has 0 spiro atoms. The van der Waals surface area contributed by atoms with Gasteiger partial charge in [-0.1, -0.05) is 0 Å².